The summed E-state index contributed by atoms with van der Waals surface area (Å²) in [5.74, 6) is -3.03. The molecule has 18 heavy (non-hydrogen) atoms. The second-order valence-corrected chi connectivity index (χ2v) is 5.96. The molecule has 2 N–H and O–H groups in total. The highest BCUT2D eigenvalue weighted by molar-refractivity contribution is 7.90. The molecule has 0 unspecified atom stereocenters. The molecule has 0 heterocycles. The number of ether oxygens (including phenoxy) is 1. The Labute approximate surface area is 107 Å². The number of carboxylic acid groups (broad SMARTS) is 1. The molecule has 0 rings (SSSR count). The summed E-state index contributed by atoms with van der Waals surface area (Å²) in [6, 6.07) is -1.23. The van der Waals surface area contributed by atoms with Crippen molar-refractivity contribution in [1.82, 2.24) is 4.72 Å². The standard InChI is InChI=1S/C10H19NO6S/c1-4-17-9(12)6-18(15,16)11-8(10(13)14)5-7(2)3/h7-8,11H,4-6H2,1-3H3,(H,13,14)/t8-/m0/s1. The monoisotopic (exact) mass is 281 g/mol. The van der Waals surface area contributed by atoms with E-state index in [0.29, 0.717) is 0 Å². The van der Waals surface area contributed by atoms with E-state index in [9.17, 15) is 18.0 Å². The third-order valence-corrected chi connectivity index (χ3v) is 3.20. The van der Waals surface area contributed by atoms with Crippen molar-refractivity contribution in [2.24, 2.45) is 5.92 Å². The van der Waals surface area contributed by atoms with E-state index in [0.717, 1.165) is 0 Å². The first-order chi connectivity index (χ1) is 8.18. The maximum atomic E-state index is 11.5. The van der Waals surface area contributed by atoms with Gasteiger partial charge in [0.15, 0.2) is 5.75 Å². The number of carboxylic acids is 1. The molecule has 0 radical (unpaired) electrons. The molecule has 0 bridgehead atoms. The summed E-state index contributed by atoms with van der Waals surface area (Å²) in [7, 11) is -4.00. The Hall–Kier alpha value is -1.15. The number of rotatable bonds is 8. The maximum Gasteiger partial charge on any atom is 0.322 e. The lowest BCUT2D eigenvalue weighted by Crippen LogP contribution is -2.43. The minimum Gasteiger partial charge on any atom is -0.480 e. The van der Waals surface area contributed by atoms with Crippen LogP contribution in [0.25, 0.3) is 0 Å². The van der Waals surface area contributed by atoms with Crippen LogP contribution < -0.4 is 4.72 Å². The van der Waals surface area contributed by atoms with Crippen LogP contribution >= 0.6 is 0 Å². The number of sulfonamides is 1. The molecule has 8 heteroatoms. The second kappa shape index (κ2) is 7.32. The van der Waals surface area contributed by atoms with Crippen LogP contribution in [0.5, 0.6) is 0 Å². The highest BCUT2D eigenvalue weighted by Gasteiger charge is 2.26. The zero-order valence-electron chi connectivity index (χ0n) is 10.7. The number of nitrogens with one attached hydrogen (secondary N) is 1. The van der Waals surface area contributed by atoms with Crippen LogP contribution in [-0.2, 0) is 24.3 Å². The van der Waals surface area contributed by atoms with Gasteiger partial charge in [0.25, 0.3) is 0 Å². The van der Waals surface area contributed by atoms with Gasteiger partial charge in [-0.25, -0.2) is 13.1 Å². The molecule has 0 aliphatic carbocycles. The van der Waals surface area contributed by atoms with E-state index in [-0.39, 0.29) is 18.9 Å². The molecule has 0 aromatic heterocycles. The molecule has 0 saturated carbocycles. The van der Waals surface area contributed by atoms with Gasteiger partial charge in [0, 0.05) is 0 Å². The third kappa shape index (κ3) is 7.23. The summed E-state index contributed by atoms with van der Waals surface area (Å²) >= 11 is 0. The zero-order valence-corrected chi connectivity index (χ0v) is 11.5. The lowest BCUT2D eigenvalue weighted by Gasteiger charge is -2.16. The van der Waals surface area contributed by atoms with E-state index in [1.807, 2.05) is 4.72 Å². The van der Waals surface area contributed by atoms with Crippen LogP contribution in [0, 0.1) is 5.92 Å². The molecule has 0 aromatic rings. The maximum absolute atomic E-state index is 11.5. The van der Waals surface area contributed by atoms with E-state index < -0.39 is 33.8 Å². The average Bonchev–Trinajstić information content (AvgIpc) is 2.14. The lowest BCUT2D eigenvalue weighted by atomic mass is 10.1. The van der Waals surface area contributed by atoms with E-state index >= 15 is 0 Å². The fraction of sp³-hybridized carbons (Fsp3) is 0.800. The molecule has 0 aromatic carbocycles. The van der Waals surface area contributed by atoms with Crippen molar-refractivity contribution < 1.29 is 27.9 Å². The van der Waals surface area contributed by atoms with Gasteiger partial charge in [0.2, 0.25) is 10.0 Å². The van der Waals surface area contributed by atoms with Crippen LogP contribution in [0.4, 0.5) is 0 Å². The van der Waals surface area contributed by atoms with Gasteiger partial charge in [-0.1, -0.05) is 13.8 Å². The Balaban J connectivity index is 4.61. The van der Waals surface area contributed by atoms with Crippen LogP contribution in [0.1, 0.15) is 27.2 Å². The Kier molecular flexibility index (Phi) is 6.85. The highest BCUT2D eigenvalue weighted by atomic mass is 32.2. The topological polar surface area (TPSA) is 110 Å². The molecule has 106 valence electrons. The van der Waals surface area contributed by atoms with Gasteiger partial charge in [0.1, 0.15) is 6.04 Å². The summed E-state index contributed by atoms with van der Waals surface area (Å²) in [4.78, 5) is 21.9. The lowest BCUT2D eigenvalue weighted by molar-refractivity contribution is -0.141. The number of esters is 1. The van der Waals surface area contributed by atoms with Gasteiger partial charge < -0.3 is 9.84 Å². The Morgan fingerprint density at radius 2 is 1.89 bits per heavy atom. The van der Waals surface area contributed by atoms with Crippen LogP contribution in [0.15, 0.2) is 0 Å². The number of aliphatic carboxylic acids is 1. The summed E-state index contributed by atoms with van der Waals surface area (Å²) in [6.07, 6.45) is 0.150. The Bertz CT molecular complexity index is 389. The molecule has 7 nitrogen and oxygen atoms in total. The summed E-state index contributed by atoms with van der Waals surface area (Å²) in [6.45, 7) is 5.17. The summed E-state index contributed by atoms with van der Waals surface area (Å²) in [5, 5.41) is 8.88. The van der Waals surface area contributed by atoms with Crippen LogP contribution in [0.3, 0.4) is 0 Å². The van der Waals surface area contributed by atoms with E-state index in [4.69, 9.17) is 5.11 Å². The third-order valence-electron chi connectivity index (χ3n) is 1.94. The molecule has 0 fully saturated rings. The molecule has 0 aliphatic rings. The second-order valence-electron chi connectivity index (χ2n) is 4.20. The number of hydrogen-bond donors (Lipinski definition) is 2. The van der Waals surface area contributed by atoms with Crippen molar-refractivity contribution in [1.29, 1.82) is 0 Å². The summed E-state index contributed by atoms with van der Waals surface area (Å²) < 4.78 is 29.6. The van der Waals surface area contributed by atoms with Gasteiger partial charge >= 0.3 is 11.9 Å². The molecular formula is C10H19NO6S. The number of hydrogen-bond acceptors (Lipinski definition) is 5. The van der Waals surface area contributed by atoms with E-state index in [1.54, 1.807) is 20.8 Å². The van der Waals surface area contributed by atoms with Crippen molar-refractivity contribution in [2.45, 2.75) is 33.2 Å². The fourth-order valence-corrected chi connectivity index (χ4v) is 2.39. The van der Waals surface area contributed by atoms with Gasteiger partial charge in [-0.3, -0.25) is 9.59 Å². The molecule has 0 amide bonds. The zero-order chi connectivity index (χ0) is 14.3. The smallest absolute Gasteiger partial charge is 0.322 e. The van der Waals surface area contributed by atoms with Gasteiger partial charge in [-0.15, -0.1) is 0 Å². The van der Waals surface area contributed by atoms with Crippen molar-refractivity contribution in [3.63, 3.8) is 0 Å². The summed E-state index contributed by atoms with van der Waals surface area (Å²) in [5.41, 5.74) is 0. The Morgan fingerprint density at radius 3 is 2.28 bits per heavy atom. The fourth-order valence-electron chi connectivity index (χ4n) is 1.29. The molecule has 1 atom stereocenters. The van der Waals surface area contributed by atoms with Gasteiger partial charge in [0.05, 0.1) is 6.61 Å². The first kappa shape index (κ1) is 16.9. The number of carbonyl (C=O) groups excluding carboxylic acids is 1. The van der Waals surface area contributed by atoms with E-state index in [1.165, 1.54) is 0 Å². The predicted molar refractivity (Wildman–Crippen MR) is 64.4 cm³/mol. The van der Waals surface area contributed by atoms with E-state index in [2.05, 4.69) is 4.74 Å². The van der Waals surface area contributed by atoms with Crippen molar-refractivity contribution in [3.05, 3.63) is 0 Å². The minimum absolute atomic E-state index is 0.0105. The predicted octanol–water partition coefficient (Wildman–Crippen LogP) is -0.0318. The average molecular weight is 281 g/mol. The molecular weight excluding hydrogens is 262 g/mol. The van der Waals surface area contributed by atoms with Gasteiger partial charge in [-0.2, -0.15) is 0 Å². The van der Waals surface area contributed by atoms with Crippen molar-refractivity contribution in [3.8, 4) is 0 Å². The molecule has 0 aliphatic heterocycles. The largest absolute Gasteiger partial charge is 0.480 e. The SMILES string of the molecule is CCOC(=O)CS(=O)(=O)N[C@@H](CC(C)C)C(=O)O. The van der Waals surface area contributed by atoms with Gasteiger partial charge in [-0.05, 0) is 19.3 Å². The quantitative estimate of drug-likeness (QED) is 0.604. The van der Waals surface area contributed by atoms with Crippen molar-refractivity contribution >= 4 is 22.0 Å². The minimum atomic E-state index is -4.00. The number of carbonyl (C=O) groups is 2. The van der Waals surface area contributed by atoms with Crippen LogP contribution in [-0.4, -0.2) is 43.9 Å². The normalized spacial score (nSPS) is 13.3. The highest BCUT2D eigenvalue weighted by Crippen LogP contribution is 2.06. The molecule has 0 saturated heterocycles. The van der Waals surface area contributed by atoms with Crippen molar-refractivity contribution in [2.75, 3.05) is 12.4 Å². The first-order valence-electron chi connectivity index (χ1n) is 5.56. The van der Waals surface area contributed by atoms with Crippen LogP contribution in [0.2, 0.25) is 0 Å². The Morgan fingerprint density at radius 1 is 1.33 bits per heavy atom. The first-order valence-corrected chi connectivity index (χ1v) is 7.21. The molecule has 0 spiro atoms.